The number of nitrogens with two attached hydrogens (primary N) is 1. The van der Waals surface area contributed by atoms with Crippen LogP contribution in [0.5, 0.6) is 0 Å². The summed E-state index contributed by atoms with van der Waals surface area (Å²) in [5.41, 5.74) is 6.88. The predicted molar refractivity (Wildman–Crippen MR) is 80.2 cm³/mol. The molecule has 3 N–H and O–H groups in total. The highest BCUT2D eigenvalue weighted by molar-refractivity contribution is 5.85. The van der Waals surface area contributed by atoms with Gasteiger partial charge in [-0.3, -0.25) is 4.79 Å². The smallest absolute Gasteiger partial charge is 0.222 e. The second-order valence-electron chi connectivity index (χ2n) is 5.33. The number of halogens is 1. The Kier molecular flexibility index (Phi) is 6.32. The van der Waals surface area contributed by atoms with E-state index < -0.39 is 0 Å². The van der Waals surface area contributed by atoms with Gasteiger partial charge in [-0.05, 0) is 31.2 Å². The van der Waals surface area contributed by atoms with Gasteiger partial charge in [0.1, 0.15) is 0 Å². The molecule has 1 aromatic carbocycles. The number of carbonyl (C=O) groups is 1. The minimum absolute atomic E-state index is 0. The summed E-state index contributed by atoms with van der Waals surface area (Å²) in [6.45, 7) is 1.86. The van der Waals surface area contributed by atoms with Gasteiger partial charge in [0.05, 0.1) is 6.04 Å². The van der Waals surface area contributed by atoms with E-state index in [-0.39, 0.29) is 30.4 Å². The third-order valence-corrected chi connectivity index (χ3v) is 3.60. The summed E-state index contributed by atoms with van der Waals surface area (Å²) < 4.78 is 0. The van der Waals surface area contributed by atoms with E-state index in [2.05, 4.69) is 17.4 Å². The van der Waals surface area contributed by atoms with E-state index in [0.717, 1.165) is 0 Å². The number of benzene rings is 1. The van der Waals surface area contributed by atoms with Gasteiger partial charge in [0.25, 0.3) is 0 Å². The minimum Gasteiger partial charge on any atom is -0.349 e. The summed E-state index contributed by atoms with van der Waals surface area (Å²) in [4.78, 5) is 11.9. The number of hydrogen-bond donors (Lipinski definition) is 2. The molecule has 1 aliphatic rings. The van der Waals surface area contributed by atoms with Gasteiger partial charge in [-0.25, -0.2) is 0 Å². The number of hydrogen-bond acceptors (Lipinski definition) is 2. The first-order valence-electron chi connectivity index (χ1n) is 6.76. The van der Waals surface area contributed by atoms with Crippen LogP contribution in [-0.4, -0.2) is 11.9 Å². The summed E-state index contributed by atoms with van der Waals surface area (Å²) in [6, 6.07) is 10.3. The van der Waals surface area contributed by atoms with Gasteiger partial charge in [0.15, 0.2) is 0 Å². The highest BCUT2D eigenvalue weighted by atomic mass is 35.5. The molecule has 1 saturated carbocycles. The first-order chi connectivity index (χ1) is 8.66. The Balaban J connectivity index is 0.00000180. The zero-order valence-electron chi connectivity index (χ0n) is 11.3. The van der Waals surface area contributed by atoms with Gasteiger partial charge < -0.3 is 11.1 Å². The second-order valence-corrected chi connectivity index (χ2v) is 5.33. The topological polar surface area (TPSA) is 55.1 Å². The molecule has 4 heteroatoms. The standard InChI is InChI=1S/C15H22N2O.ClH/c1-11(16)10-14(18)17-15(13-8-5-9-13)12-6-3-2-4-7-12;/h2-4,6-7,11,13,15H,5,8-10,16H2,1H3,(H,17,18);1H. The van der Waals surface area contributed by atoms with E-state index in [9.17, 15) is 4.79 Å². The second kappa shape index (κ2) is 7.51. The maximum atomic E-state index is 11.9. The van der Waals surface area contributed by atoms with Crippen LogP contribution in [0.3, 0.4) is 0 Å². The van der Waals surface area contributed by atoms with Gasteiger partial charge in [0.2, 0.25) is 5.91 Å². The van der Waals surface area contributed by atoms with E-state index in [1.54, 1.807) is 0 Å². The molecular formula is C15H23ClN2O. The lowest BCUT2D eigenvalue weighted by molar-refractivity contribution is -0.122. The first-order valence-corrected chi connectivity index (χ1v) is 6.76. The van der Waals surface area contributed by atoms with Crippen molar-refractivity contribution in [2.75, 3.05) is 0 Å². The number of carbonyl (C=O) groups excluding carboxylic acids is 1. The summed E-state index contributed by atoms with van der Waals surface area (Å²) in [5, 5.41) is 3.15. The fourth-order valence-electron chi connectivity index (χ4n) is 2.43. The molecule has 1 aromatic rings. The van der Waals surface area contributed by atoms with Gasteiger partial charge in [-0.15, -0.1) is 12.4 Å². The van der Waals surface area contributed by atoms with E-state index >= 15 is 0 Å². The highest BCUT2D eigenvalue weighted by Crippen LogP contribution is 2.37. The molecule has 0 heterocycles. The van der Waals surface area contributed by atoms with Crippen molar-refractivity contribution in [1.29, 1.82) is 0 Å². The SMILES string of the molecule is CC(N)CC(=O)NC(c1ccccc1)C1CCC1.Cl. The Morgan fingerprint density at radius 1 is 1.37 bits per heavy atom. The van der Waals surface area contributed by atoms with Crippen LogP contribution in [0.4, 0.5) is 0 Å². The molecule has 0 spiro atoms. The van der Waals surface area contributed by atoms with Gasteiger partial charge >= 0.3 is 0 Å². The maximum Gasteiger partial charge on any atom is 0.222 e. The zero-order valence-corrected chi connectivity index (χ0v) is 12.2. The molecule has 106 valence electrons. The van der Waals surface area contributed by atoms with Crippen LogP contribution in [-0.2, 0) is 4.79 Å². The maximum absolute atomic E-state index is 11.9. The Labute approximate surface area is 121 Å². The van der Waals surface area contributed by atoms with Crippen LogP contribution in [0.15, 0.2) is 30.3 Å². The zero-order chi connectivity index (χ0) is 13.0. The lowest BCUT2D eigenvalue weighted by atomic mass is 9.77. The minimum atomic E-state index is -0.0807. The molecule has 2 unspecified atom stereocenters. The van der Waals surface area contributed by atoms with Crippen molar-refractivity contribution in [1.82, 2.24) is 5.32 Å². The number of nitrogens with one attached hydrogen (secondary N) is 1. The average Bonchev–Trinajstić information content (AvgIpc) is 2.26. The number of amides is 1. The van der Waals surface area contributed by atoms with Crippen LogP contribution in [0.1, 0.15) is 44.2 Å². The van der Waals surface area contributed by atoms with Gasteiger partial charge in [-0.2, -0.15) is 0 Å². The predicted octanol–water partition coefficient (Wildman–Crippen LogP) is 2.80. The third-order valence-electron chi connectivity index (χ3n) is 3.60. The van der Waals surface area contributed by atoms with E-state index in [4.69, 9.17) is 5.73 Å². The van der Waals surface area contributed by atoms with Crippen molar-refractivity contribution in [3.63, 3.8) is 0 Å². The van der Waals surface area contributed by atoms with Crippen LogP contribution >= 0.6 is 12.4 Å². The van der Waals surface area contributed by atoms with Crippen molar-refractivity contribution in [2.45, 2.75) is 44.7 Å². The van der Waals surface area contributed by atoms with Crippen molar-refractivity contribution in [3.05, 3.63) is 35.9 Å². The van der Waals surface area contributed by atoms with Crippen LogP contribution in [0, 0.1) is 5.92 Å². The Bertz CT molecular complexity index is 390. The molecule has 3 nitrogen and oxygen atoms in total. The average molecular weight is 283 g/mol. The summed E-state index contributed by atoms with van der Waals surface area (Å²) in [7, 11) is 0. The van der Waals surface area contributed by atoms with E-state index in [1.165, 1.54) is 24.8 Å². The fourth-order valence-corrected chi connectivity index (χ4v) is 2.43. The van der Waals surface area contributed by atoms with Crippen molar-refractivity contribution >= 4 is 18.3 Å². The molecule has 1 aliphatic carbocycles. The molecule has 2 atom stereocenters. The third kappa shape index (κ3) is 4.51. The molecule has 19 heavy (non-hydrogen) atoms. The van der Waals surface area contributed by atoms with Crippen molar-refractivity contribution in [2.24, 2.45) is 11.7 Å². The Morgan fingerprint density at radius 2 is 2.00 bits per heavy atom. The Hall–Kier alpha value is -1.06. The molecule has 0 aliphatic heterocycles. The monoisotopic (exact) mass is 282 g/mol. The van der Waals surface area contributed by atoms with Crippen LogP contribution in [0.2, 0.25) is 0 Å². The molecule has 1 amide bonds. The molecular weight excluding hydrogens is 260 g/mol. The van der Waals surface area contributed by atoms with Crippen molar-refractivity contribution < 1.29 is 4.79 Å². The fraction of sp³-hybridized carbons (Fsp3) is 0.533. The van der Waals surface area contributed by atoms with Crippen LogP contribution < -0.4 is 11.1 Å². The van der Waals surface area contributed by atoms with Crippen molar-refractivity contribution in [3.8, 4) is 0 Å². The summed E-state index contributed by atoms with van der Waals surface area (Å²) in [6.07, 6.45) is 4.09. The molecule has 1 fully saturated rings. The first kappa shape index (κ1) is 16.0. The van der Waals surface area contributed by atoms with E-state index in [0.29, 0.717) is 12.3 Å². The lowest BCUT2D eigenvalue weighted by Gasteiger charge is -2.34. The van der Waals surface area contributed by atoms with Gasteiger partial charge in [0, 0.05) is 12.5 Å². The van der Waals surface area contributed by atoms with Gasteiger partial charge in [-0.1, -0.05) is 36.8 Å². The molecule has 0 radical (unpaired) electrons. The normalized spacial score (nSPS) is 17.8. The Morgan fingerprint density at radius 3 is 2.47 bits per heavy atom. The number of rotatable bonds is 5. The summed E-state index contributed by atoms with van der Waals surface area (Å²) >= 11 is 0. The van der Waals surface area contributed by atoms with E-state index in [1.807, 2.05) is 25.1 Å². The molecule has 2 rings (SSSR count). The van der Waals surface area contributed by atoms with Crippen LogP contribution in [0.25, 0.3) is 0 Å². The lowest BCUT2D eigenvalue weighted by Crippen LogP contribution is -2.38. The highest BCUT2D eigenvalue weighted by Gasteiger charge is 2.29. The molecule has 0 saturated heterocycles. The summed E-state index contributed by atoms with van der Waals surface area (Å²) in [5.74, 6) is 0.648. The molecule has 0 aromatic heterocycles. The largest absolute Gasteiger partial charge is 0.349 e. The molecule has 0 bridgehead atoms. The quantitative estimate of drug-likeness (QED) is 0.872.